The van der Waals surface area contributed by atoms with Crippen LogP contribution in [0.2, 0.25) is 0 Å². The molecule has 0 bridgehead atoms. The average Bonchev–Trinajstić information content (AvgIpc) is 2.57. The Morgan fingerprint density at radius 1 is 1.14 bits per heavy atom. The second kappa shape index (κ2) is 6.55. The van der Waals surface area contributed by atoms with Crippen molar-refractivity contribution >= 4 is 11.6 Å². The largest absolute Gasteiger partial charge is 0.481 e. The van der Waals surface area contributed by atoms with E-state index in [1.165, 1.54) is 6.33 Å². The summed E-state index contributed by atoms with van der Waals surface area (Å²) in [5, 5.41) is 3.44. The van der Waals surface area contributed by atoms with Gasteiger partial charge in [-0.05, 0) is 19.8 Å². The predicted octanol–water partition coefficient (Wildman–Crippen LogP) is 1.66. The molecule has 0 spiro atoms. The lowest BCUT2D eigenvalue weighted by molar-refractivity contribution is 0.397. The SMILES string of the molecule is COc1cc(NC2CCN(c3cnc(C)cn3)CC2)ncn1. The summed E-state index contributed by atoms with van der Waals surface area (Å²) in [5.41, 5.74) is 0.943. The number of rotatable bonds is 4. The molecule has 1 fully saturated rings. The van der Waals surface area contributed by atoms with Crippen LogP contribution in [0.5, 0.6) is 5.88 Å². The number of hydrogen-bond donors (Lipinski definition) is 1. The highest BCUT2D eigenvalue weighted by Gasteiger charge is 2.20. The highest BCUT2D eigenvalue weighted by Crippen LogP contribution is 2.20. The summed E-state index contributed by atoms with van der Waals surface area (Å²) in [6, 6.07) is 2.21. The van der Waals surface area contributed by atoms with E-state index in [1.54, 1.807) is 7.11 Å². The number of methoxy groups -OCH3 is 1. The molecular weight excluding hydrogens is 280 g/mol. The van der Waals surface area contributed by atoms with Gasteiger partial charge in [-0.2, -0.15) is 0 Å². The minimum Gasteiger partial charge on any atom is -0.481 e. The van der Waals surface area contributed by atoms with Crippen molar-refractivity contribution in [2.75, 3.05) is 30.4 Å². The first-order valence-electron chi connectivity index (χ1n) is 7.41. The fourth-order valence-corrected chi connectivity index (χ4v) is 2.54. The Kier molecular flexibility index (Phi) is 4.32. The van der Waals surface area contributed by atoms with Gasteiger partial charge in [-0.3, -0.25) is 4.98 Å². The van der Waals surface area contributed by atoms with Crippen LogP contribution in [0.3, 0.4) is 0 Å². The predicted molar refractivity (Wildman–Crippen MR) is 84.2 cm³/mol. The number of hydrogen-bond acceptors (Lipinski definition) is 7. The number of ether oxygens (including phenoxy) is 1. The van der Waals surface area contributed by atoms with Crippen LogP contribution < -0.4 is 15.0 Å². The van der Waals surface area contributed by atoms with Gasteiger partial charge in [0, 0.05) is 25.2 Å². The Morgan fingerprint density at radius 2 is 1.95 bits per heavy atom. The smallest absolute Gasteiger partial charge is 0.218 e. The van der Waals surface area contributed by atoms with E-state index in [4.69, 9.17) is 4.74 Å². The van der Waals surface area contributed by atoms with Crippen LogP contribution in [-0.4, -0.2) is 46.2 Å². The Hall–Kier alpha value is -2.44. The Bertz CT molecular complexity index is 610. The van der Waals surface area contributed by atoms with Gasteiger partial charge in [0.1, 0.15) is 18.0 Å². The molecule has 2 aromatic rings. The van der Waals surface area contributed by atoms with Gasteiger partial charge in [-0.1, -0.05) is 0 Å². The van der Waals surface area contributed by atoms with Gasteiger partial charge in [0.15, 0.2) is 0 Å². The highest BCUT2D eigenvalue weighted by atomic mass is 16.5. The van der Waals surface area contributed by atoms with E-state index in [1.807, 2.05) is 25.4 Å². The summed E-state index contributed by atoms with van der Waals surface area (Å²) < 4.78 is 5.11. The van der Waals surface area contributed by atoms with Gasteiger partial charge >= 0.3 is 0 Å². The van der Waals surface area contributed by atoms with Gasteiger partial charge < -0.3 is 15.0 Å². The number of nitrogens with zero attached hydrogens (tertiary/aromatic N) is 5. The zero-order valence-electron chi connectivity index (χ0n) is 12.9. The molecule has 0 saturated carbocycles. The van der Waals surface area contributed by atoms with E-state index in [9.17, 15) is 0 Å². The van der Waals surface area contributed by atoms with E-state index in [2.05, 4.69) is 30.2 Å². The summed E-state index contributed by atoms with van der Waals surface area (Å²) in [5.74, 6) is 2.33. The summed E-state index contributed by atoms with van der Waals surface area (Å²) in [7, 11) is 1.60. The minimum atomic E-state index is 0.397. The van der Waals surface area contributed by atoms with Crippen molar-refractivity contribution in [3.05, 3.63) is 30.5 Å². The van der Waals surface area contributed by atoms with Crippen molar-refractivity contribution in [1.82, 2.24) is 19.9 Å². The van der Waals surface area contributed by atoms with Crippen LogP contribution in [0.4, 0.5) is 11.6 Å². The van der Waals surface area contributed by atoms with Crippen LogP contribution in [-0.2, 0) is 0 Å². The lowest BCUT2D eigenvalue weighted by Crippen LogP contribution is -2.39. The number of anilines is 2. The number of aryl methyl sites for hydroxylation is 1. The molecule has 1 aliphatic rings. The number of nitrogens with one attached hydrogen (secondary N) is 1. The quantitative estimate of drug-likeness (QED) is 0.920. The molecule has 1 N–H and O–H groups in total. The zero-order chi connectivity index (χ0) is 15.4. The first kappa shape index (κ1) is 14.5. The monoisotopic (exact) mass is 300 g/mol. The first-order valence-corrected chi connectivity index (χ1v) is 7.41. The Labute approximate surface area is 129 Å². The average molecular weight is 300 g/mol. The van der Waals surface area contributed by atoms with Gasteiger partial charge in [-0.25, -0.2) is 15.0 Å². The minimum absolute atomic E-state index is 0.397. The van der Waals surface area contributed by atoms with Gasteiger partial charge in [0.25, 0.3) is 0 Å². The Balaban J connectivity index is 1.56. The fraction of sp³-hybridized carbons (Fsp3) is 0.467. The molecular formula is C15H20N6O. The molecule has 3 heterocycles. The first-order chi connectivity index (χ1) is 10.7. The van der Waals surface area contributed by atoms with Gasteiger partial charge in [0.2, 0.25) is 5.88 Å². The zero-order valence-corrected chi connectivity index (χ0v) is 12.9. The summed E-state index contributed by atoms with van der Waals surface area (Å²) in [4.78, 5) is 19.3. The molecule has 0 unspecified atom stereocenters. The third kappa shape index (κ3) is 3.41. The molecule has 0 aromatic carbocycles. The summed E-state index contributed by atoms with van der Waals surface area (Å²) >= 11 is 0. The third-order valence-corrected chi connectivity index (χ3v) is 3.79. The summed E-state index contributed by atoms with van der Waals surface area (Å²) in [6.07, 6.45) is 7.23. The number of aromatic nitrogens is 4. The molecule has 0 radical (unpaired) electrons. The molecule has 1 aliphatic heterocycles. The van der Waals surface area contributed by atoms with Crippen molar-refractivity contribution in [2.45, 2.75) is 25.8 Å². The van der Waals surface area contributed by atoms with Crippen LogP contribution in [0, 0.1) is 6.92 Å². The maximum Gasteiger partial charge on any atom is 0.218 e. The van der Waals surface area contributed by atoms with E-state index < -0.39 is 0 Å². The van der Waals surface area contributed by atoms with Crippen molar-refractivity contribution in [3.8, 4) is 5.88 Å². The molecule has 3 rings (SSSR count). The van der Waals surface area contributed by atoms with Crippen LogP contribution in [0.15, 0.2) is 24.8 Å². The van der Waals surface area contributed by atoms with E-state index >= 15 is 0 Å². The molecule has 0 aliphatic carbocycles. The standard InChI is InChI=1S/C15H20N6O/c1-11-8-17-14(9-16-11)21-5-3-12(4-6-21)20-13-7-15(22-2)19-10-18-13/h7-10,12H,3-6H2,1-2H3,(H,18,19,20). The molecule has 2 aromatic heterocycles. The molecule has 0 atom stereocenters. The van der Waals surface area contributed by atoms with Crippen LogP contribution >= 0.6 is 0 Å². The fourth-order valence-electron chi connectivity index (χ4n) is 2.54. The van der Waals surface area contributed by atoms with Gasteiger partial charge in [0.05, 0.1) is 25.2 Å². The highest BCUT2D eigenvalue weighted by molar-refractivity contribution is 5.40. The van der Waals surface area contributed by atoms with Crippen molar-refractivity contribution in [1.29, 1.82) is 0 Å². The van der Waals surface area contributed by atoms with Crippen molar-refractivity contribution < 1.29 is 4.74 Å². The second-order valence-corrected chi connectivity index (χ2v) is 5.37. The van der Waals surface area contributed by atoms with E-state index in [-0.39, 0.29) is 0 Å². The lowest BCUT2D eigenvalue weighted by Gasteiger charge is -2.33. The maximum atomic E-state index is 5.11. The number of piperidine rings is 1. The van der Waals surface area contributed by atoms with Crippen molar-refractivity contribution in [3.63, 3.8) is 0 Å². The van der Waals surface area contributed by atoms with E-state index in [0.29, 0.717) is 11.9 Å². The van der Waals surface area contributed by atoms with E-state index in [0.717, 1.165) is 43.3 Å². The Morgan fingerprint density at radius 3 is 2.64 bits per heavy atom. The molecule has 1 saturated heterocycles. The lowest BCUT2D eigenvalue weighted by atomic mass is 10.1. The second-order valence-electron chi connectivity index (χ2n) is 5.37. The van der Waals surface area contributed by atoms with Crippen LogP contribution in [0.25, 0.3) is 0 Å². The maximum absolute atomic E-state index is 5.11. The molecule has 116 valence electrons. The van der Waals surface area contributed by atoms with Crippen molar-refractivity contribution in [2.24, 2.45) is 0 Å². The molecule has 7 nitrogen and oxygen atoms in total. The van der Waals surface area contributed by atoms with Crippen LogP contribution in [0.1, 0.15) is 18.5 Å². The topological polar surface area (TPSA) is 76.1 Å². The summed E-state index contributed by atoms with van der Waals surface area (Å²) in [6.45, 7) is 3.86. The molecule has 0 amide bonds. The third-order valence-electron chi connectivity index (χ3n) is 3.79. The normalized spacial score (nSPS) is 15.6. The van der Waals surface area contributed by atoms with Gasteiger partial charge in [-0.15, -0.1) is 0 Å². The molecule has 7 heteroatoms. The molecule has 22 heavy (non-hydrogen) atoms.